The van der Waals surface area contributed by atoms with E-state index < -0.39 is 0 Å². The molecule has 0 aliphatic heterocycles. The highest BCUT2D eigenvalue weighted by Gasteiger charge is 2.19. The van der Waals surface area contributed by atoms with E-state index in [9.17, 15) is 9.59 Å². The number of ether oxygens (including phenoxy) is 1. The molecule has 2 amide bonds. The predicted octanol–water partition coefficient (Wildman–Crippen LogP) is 2.82. The molecule has 2 aromatic rings. The number of carbonyl (C=O) groups is 2. The number of amides is 2. The lowest BCUT2D eigenvalue weighted by atomic mass is 10.3. The Balaban J connectivity index is 1.95. The van der Waals surface area contributed by atoms with Crippen molar-refractivity contribution in [1.82, 2.24) is 14.8 Å². The number of nitrogens with one attached hydrogen (secondary N) is 1. The standard InChI is InChI=1S/C19H25ClN4O3S/c1-13-14(2)28-19(21-13)22-17(25)11-24(10-9-23(3)4)18(26)12-27-16-7-5-15(20)6-8-16/h5-8H,9-12H2,1-4H3,(H,21,22,25). The van der Waals surface area contributed by atoms with Gasteiger partial charge in [0.1, 0.15) is 12.3 Å². The summed E-state index contributed by atoms with van der Waals surface area (Å²) in [5.41, 5.74) is 0.886. The highest BCUT2D eigenvalue weighted by Crippen LogP contribution is 2.21. The zero-order valence-electron chi connectivity index (χ0n) is 16.5. The van der Waals surface area contributed by atoms with Crippen molar-refractivity contribution in [2.75, 3.05) is 45.7 Å². The van der Waals surface area contributed by atoms with E-state index in [0.717, 1.165) is 10.6 Å². The van der Waals surface area contributed by atoms with Gasteiger partial charge in [-0.3, -0.25) is 9.59 Å². The van der Waals surface area contributed by atoms with E-state index in [-0.39, 0.29) is 25.0 Å². The summed E-state index contributed by atoms with van der Waals surface area (Å²) in [6, 6.07) is 6.77. The minimum atomic E-state index is -0.285. The number of likely N-dealkylation sites (N-methyl/N-ethyl adjacent to an activating group) is 1. The number of aromatic nitrogens is 1. The van der Waals surface area contributed by atoms with Gasteiger partial charge in [-0.2, -0.15) is 0 Å². The maximum Gasteiger partial charge on any atom is 0.261 e. The van der Waals surface area contributed by atoms with Crippen LogP contribution >= 0.6 is 22.9 Å². The summed E-state index contributed by atoms with van der Waals surface area (Å²) in [6.07, 6.45) is 0. The molecular weight excluding hydrogens is 400 g/mol. The SMILES string of the molecule is Cc1nc(NC(=O)CN(CCN(C)C)C(=O)COc2ccc(Cl)cc2)sc1C. The van der Waals surface area contributed by atoms with E-state index in [1.807, 2.05) is 32.8 Å². The zero-order chi connectivity index (χ0) is 20.7. The highest BCUT2D eigenvalue weighted by molar-refractivity contribution is 7.15. The van der Waals surface area contributed by atoms with Gasteiger partial charge in [0.15, 0.2) is 11.7 Å². The Bertz CT molecular complexity index is 789. The van der Waals surface area contributed by atoms with Crippen molar-refractivity contribution in [3.05, 3.63) is 39.9 Å². The maximum absolute atomic E-state index is 12.6. The first-order valence-corrected chi connectivity index (χ1v) is 9.99. The second-order valence-electron chi connectivity index (χ2n) is 6.57. The number of thiazole rings is 1. The van der Waals surface area contributed by atoms with Gasteiger partial charge < -0.3 is 19.9 Å². The molecule has 1 N–H and O–H groups in total. The van der Waals surface area contributed by atoms with Gasteiger partial charge in [0.05, 0.1) is 5.69 Å². The largest absolute Gasteiger partial charge is 0.484 e. The van der Waals surface area contributed by atoms with Crippen molar-refractivity contribution >= 4 is 39.9 Å². The number of benzene rings is 1. The number of rotatable bonds is 9. The summed E-state index contributed by atoms with van der Waals surface area (Å²) >= 11 is 7.26. The van der Waals surface area contributed by atoms with Crippen molar-refractivity contribution in [1.29, 1.82) is 0 Å². The Kier molecular flexibility index (Phi) is 8.22. The fourth-order valence-electron chi connectivity index (χ4n) is 2.24. The molecule has 0 fully saturated rings. The number of anilines is 1. The van der Waals surface area contributed by atoms with Gasteiger partial charge in [-0.15, -0.1) is 11.3 Å². The quantitative estimate of drug-likeness (QED) is 0.670. The summed E-state index contributed by atoms with van der Waals surface area (Å²) < 4.78 is 5.52. The Labute approximate surface area is 174 Å². The molecule has 0 unspecified atom stereocenters. The van der Waals surface area contributed by atoms with Crippen molar-refractivity contribution in [2.24, 2.45) is 0 Å². The molecule has 0 saturated carbocycles. The fourth-order valence-corrected chi connectivity index (χ4v) is 3.19. The second kappa shape index (κ2) is 10.4. The van der Waals surface area contributed by atoms with Gasteiger partial charge in [-0.1, -0.05) is 11.6 Å². The summed E-state index contributed by atoms with van der Waals surface area (Å²) in [6.45, 7) is 4.67. The normalized spacial score (nSPS) is 10.8. The lowest BCUT2D eigenvalue weighted by Crippen LogP contribution is -2.43. The van der Waals surface area contributed by atoms with Crippen molar-refractivity contribution in [3.63, 3.8) is 0 Å². The first kappa shape index (κ1) is 22.1. The molecule has 0 aliphatic carbocycles. The Hall–Kier alpha value is -2.16. The highest BCUT2D eigenvalue weighted by atomic mass is 35.5. The third-order valence-electron chi connectivity index (χ3n) is 3.96. The lowest BCUT2D eigenvalue weighted by molar-refractivity contribution is -0.136. The molecule has 1 aromatic heterocycles. The van der Waals surface area contributed by atoms with Crippen LogP contribution in [0.3, 0.4) is 0 Å². The molecule has 1 aromatic carbocycles. The average Bonchev–Trinajstić information content (AvgIpc) is 2.94. The molecule has 0 saturated heterocycles. The van der Waals surface area contributed by atoms with Gasteiger partial charge in [0.25, 0.3) is 5.91 Å². The van der Waals surface area contributed by atoms with E-state index in [0.29, 0.717) is 29.0 Å². The van der Waals surface area contributed by atoms with Crippen LogP contribution in [-0.2, 0) is 9.59 Å². The molecule has 7 nitrogen and oxygen atoms in total. The van der Waals surface area contributed by atoms with Gasteiger partial charge in [-0.25, -0.2) is 4.98 Å². The summed E-state index contributed by atoms with van der Waals surface area (Å²) in [5.74, 6) is -0.00528. The van der Waals surface area contributed by atoms with Crippen LogP contribution in [0.25, 0.3) is 0 Å². The molecule has 2 rings (SSSR count). The lowest BCUT2D eigenvalue weighted by Gasteiger charge is -2.23. The molecule has 152 valence electrons. The van der Waals surface area contributed by atoms with Gasteiger partial charge >= 0.3 is 0 Å². The third-order valence-corrected chi connectivity index (χ3v) is 5.20. The molecule has 0 aliphatic rings. The molecule has 0 bridgehead atoms. The summed E-state index contributed by atoms with van der Waals surface area (Å²) in [5, 5.41) is 3.89. The first-order chi connectivity index (χ1) is 13.2. The average molecular weight is 425 g/mol. The Morgan fingerprint density at radius 3 is 2.43 bits per heavy atom. The summed E-state index contributed by atoms with van der Waals surface area (Å²) in [4.78, 5) is 33.8. The van der Waals surface area contributed by atoms with Gasteiger partial charge in [0, 0.05) is 23.0 Å². The monoisotopic (exact) mass is 424 g/mol. The molecular formula is C19H25ClN4O3S. The van der Waals surface area contributed by atoms with Crippen LogP contribution in [0.1, 0.15) is 10.6 Å². The Morgan fingerprint density at radius 1 is 1.18 bits per heavy atom. The van der Waals surface area contributed by atoms with E-state index in [1.165, 1.54) is 16.2 Å². The predicted molar refractivity (Wildman–Crippen MR) is 112 cm³/mol. The topological polar surface area (TPSA) is 74.8 Å². The molecule has 0 spiro atoms. The number of hydrogen-bond donors (Lipinski definition) is 1. The number of halogens is 1. The van der Waals surface area contributed by atoms with Crippen LogP contribution in [0.4, 0.5) is 5.13 Å². The van der Waals surface area contributed by atoms with Gasteiger partial charge in [-0.05, 0) is 52.2 Å². The van der Waals surface area contributed by atoms with Crippen LogP contribution in [0, 0.1) is 13.8 Å². The van der Waals surface area contributed by atoms with E-state index >= 15 is 0 Å². The minimum absolute atomic E-state index is 0.0612. The van der Waals surface area contributed by atoms with Crippen LogP contribution in [0.15, 0.2) is 24.3 Å². The Morgan fingerprint density at radius 2 is 1.86 bits per heavy atom. The molecule has 28 heavy (non-hydrogen) atoms. The summed E-state index contributed by atoms with van der Waals surface area (Å²) in [7, 11) is 3.82. The molecule has 1 heterocycles. The van der Waals surface area contributed by atoms with Crippen LogP contribution in [0.5, 0.6) is 5.75 Å². The van der Waals surface area contributed by atoms with Crippen LogP contribution in [0.2, 0.25) is 5.02 Å². The van der Waals surface area contributed by atoms with Crippen molar-refractivity contribution in [2.45, 2.75) is 13.8 Å². The number of aryl methyl sites for hydroxylation is 2. The van der Waals surface area contributed by atoms with Crippen LogP contribution < -0.4 is 10.1 Å². The maximum atomic E-state index is 12.6. The van der Waals surface area contributed by atoms with E-state index in [2.05, 4.69) is 10.3 Å². The van der Waals surface area contributed by atoms with Crippen molar-refractivity contribution in [3.8, 4) is 5.75 Å². The molecule has 9 heteroatoms. The molecule has 0 atom stereocenters. The number of carbonyl (C=O) groups excluding carboxylic acids is 2. The van der Waals surface area contributed by atoms with Gasteiger partial charge in [0.2, 0.25) is 5.91 Å². The number of hydrogen-bond acceptors (Lipinski definition) is 6. The molecule has 0 radical (unpaired) electrons. The third kappa shape index (κ3) is 7.10. The van der Waals surface area contributed by atoms with Crippen molar-refractivity contribution < 1.29 is 14.3 Å². The second-order valence-corrected chi connectivity index (χ2v) is 8.21. The van der Waals surface area contributed by atoms with E-state index in [4.69, 9.17) is 16.3 Å². The smallest absolute Gasteiger partial charge is 0.261 e. The fraction of sp³-hybridized carbons (Fsp3) is 0.421. The van der Waals surface area contributed by atoms with E-state index in [1.54, 1.807) is 24.3 Å². The first-order valence-electron chi connectivity index (χ1n) is 8.79. The van der Waals surface area contributed by atoms with Crippen LogP contribution in [-0.4, -0.2) is 66.9 Å². The number of nitrogens with zero attached hydrogens (tertiary/aromatic N) is 3. The zero-order valence-corrected chi connectivity index (χ0v) is 18.1. The minimum Gasteiger partial charge on any atom is -0.484 e.